The SMILES string of the molecule is O=C(OC[C@H]1O[C@@H](n2ccc(NO)nc2=O)[C@H](O)[C@@H]1O)c1ccccc1. The number of hydrogen-bond donors (Lipinski definition) is 4. The number of anilines is 1. The second-order valence-electron chi connectivity index (χ2n) is 5.63. The van der Waals surface area contributed by atoms with E-state index < -0.39 is 36.2 Å². The Hall–Kier alpha value is -2.79. The van der Waals surface area contributed by atoms with Gasteiger partial charge in [0.05, 0.1) is 5.56 Å². The van der Waals surface area contributed by atoms with Crippen molar-refractivity contribution < 1.29 is 29.7 Å². The van der Waals surface area contributed by atoms with Gasteiger partial charge >= 0.3 is 11.7 Å². The lowest BCUT2D eigenvalue weighted by Gasteiger charge is -2.17. The van der Waals surface area contributed by atoms with Crippen LogP contribution in [-0.4, -0.2) is 55.9 Å². The molecule has 0 spiro atoms. The maximum absolute atomic E-state index is 11.9. The van der Waals surface area contributed by atoms with E-state index in [1.165, 1.54) is 12.3 Å². The van der Waals surface area contributed by atoms with E-state index in [1.807, 2.05) is 0 Å². The molecule has 1 aromatic heterocycles. The van der Waals surface area contributed by atoms with Crippen LogP contribution in [0.1, 0.15) is 16.6 Å². The van der Waals surface area contributed by atoms with Crippen LogP contribution in [-0.2, 0) is 9.47 Å². The lowest BCUT2D eigenvalue weighted by atomic mass is 10.1. The van der Waals surface area contributed by atoms with Crippen molar-refractivity contribution in [2.75, 3.05) is 12.1 Å². The van der Waals surface area contributed by atoms with Crippen LogP contribution >= 0.6 is 0 Å². The number of rotatable bonds is 5. The Morgan fingerprint density at radius 2 is 1.96 bits per heavy atom. The molecular weight excluding hydrogens is 346 g/mol. The molecule has 2 heterocycles. The fraction of sp³-hybridized carbons (Fsp3) is 0.312. The van der Waals surface area contributed by atoms with E-state index in [0.29, 0.717) is 5.56 Å². The first kappa shape index (κ1) is 18.0. The normalized spacial score (nSPS) is 25.0. The third-order valence-corrected chi connectivity index (χ3v) is 3.94. The minimum atomic E-state index is -1.43. The topological polar surface area (TPSA) is 143 Å². The van der Waals surface area contributed by atoms with Crippen LogP contribution in [0.5, 0.6) is 0 Å². The van der Waals surface area contributed by atoms with Gasteiger partial charge in [-0.25, -0.2) is 9.59 Å². The molecule has 1 saturated heterocycles. The van der Waals surface area contributed by atoms with E-state index in [2.05, 4.69) is 4.98 Å². The summed E-state index contributed by atoms with van der Waals surface area (Å²) in [5.41, 5.74) is 1.26. The molecule has 0 radical (unpaired) electrons. The van der Waals surface area contributed by atoms with Crippen molar-refractivity contribution in [3.8, 4) is 0 Å². The third-order valence-electron chi connectivity index (χ3n) is 3.94. The molecule has 1 aliphatic heterocycles. The van der Waals surface area contributed by atoms with Gasteiger partial charge in [-0.2, -0.15) is 4.98 Å². The Morgan fingerprint density at radius 1 is 1.23 bits per heavy atom. The molecule has 4 N–H and O–H groups in total. The lowest BCUT2D eigenvalue weighted by Crippen LogP contribution is -2.36. The Balaban J connectivity index is 1.68. The van der Waals surface area contributed by atoms with Crippen molar-refractivity contribution in [3.05, 3.63) is 58.6 Å². The molecule has 10 heteroatoms. The minimum Gasteiger partial charge on any atom is -0.459 e. The molecule has 0 saturated carbocycles. The molecule has 3 rings (SSSR count). The maximum Gasteiger partial charge on any atom is 0.351 e. The predicted octanol–water partition coefficient (Wildman–Crippen LogP) is -0.479. The molecule has 10 nitrogen and oxygen atoms in total. The monoisotopic (exact) mass is 363 g/mol. The molecular formula is C16H17N3O7. The maximum atomic E-state index is 11.9. The van der Waals surface area contributed by atoms with E-state index in [-0.39, 0.29) is 12.4 Å². The summed E-state index contributed by atoms with van der Waals surface area (Å²) in [6.45, 7) is -0.305. The van der Waals surface area contributed by atoms with Crippen molar-refractivity contribution in [3.63, 3.8) is 0 Å². The van der Waals surface area contributed by atoms with Gasteiger partial charge in [-0.05, 0) is 18.2 Å². The highest BCUT2D eigenvalue weighted by molar-refractivity contribution is 5.89. The Bertz CT molecular complexity index is 826. The van der Waals surface area contributed by atoms with Gasteiger partial charge in [0.25, 0.3) is 0 Å². The minimum absolute atomic E-state index is 0.0763. The van der Waals surface area contributed by atoms with Crippen LogP contribution in [0.3, 0.4) is 0 Å². The smallest absolute Gasteiger partial charge is 0.351 e. The summed E-state index contributed by atoms with van der Waals surface area (Å²) in [7, 11) is 0. The average molecular weight is 363 g/mol. The number of aliphatic hydroxyl groups is 2. The second kappa shape index (κ2) is 7.62. The standard InChI is InChI=1S/C16H17N3O7/c20-12-10(8-25-15(22)9-4-2-1-3-5-9)26-14(13(12)21)19-7-6-11(18-24)17-16(19)23/h1-7,10,12-14,20-21,24H,8H2,(H,17,18,23)/t10-,12-,13-,14-/m1/s1. The summed E-state index contributed by atoms with van der Waals surface area (Å²) >= 11 is 0. The quantitative estimate of drug-likeness (QED) is 0.409. The molecule has 26 heavy (non-hydrogen) atoms. The third kappa shape index (κ3) is 3.58. The van der Waals surface area contributed by atoms with Gasteiger partial charge in [0, 0.05) is 6.20 Å². The first-order valence-corrected chi connectivity index (χ1v) is 7.74. The first-order chi connectivity index (χ1) is 12.5. The van der Waals surface area contributed by atoms with Crippen molar-refractivity contribution in [1.82, 2.24) is 9.55 Å². The number of aliphatic hydroxyl groups excluding tert-OH is 2. The number of nitrogens with one attached hydrogen (secondary N) is 1. The number of benzene rings is 1. The van der Waals surface area contributed by atoms with Crippen LogP contribution in [0, 0.1) is 0 Å². The van der Waals surface area contributed by atoms with Crippen LogP contribution in [0.15, 0.2) is 47.4 Å². The van der Waals surface area contributed by atoms with Gasteiger partial charge in [-0.15, -0.1) is 0 Å². The van der Waals surface area contributed by atoms with Gasteiger partial charge in [-0.1, -0.05) is 18.2 Å². The van der Waals surface area contributed by atoms with Crippen LogP contribution in [0.2, 0.25) is 0 Å². The zero-order valence-corrected chi connectivity index (χ0v) is 13.4. The van der Waals surface area contributed by atoms with E-state index in [0.717, 1.165) is 4.57 Å². The van der Waals surface area contributed by atoms with E-state index >= 15 is 0 Å². The second-order valence-corrected chi connectivity index (χ2v) is 5.63. The number of ether oxygens (including phenoxy) is 2. The van der Waals surface area contributed by atoms with Gasteiger partial charge in [0.2, 0.25) is 0 Å². The van der Waals surface area contributed by atoms with Gasteiger partial charge in [-0.3, -0.25) is 15.3 Å². The fourth-order valence-corrected chi connectivity index (χ4v) is 2.58. The van der Waals surface area contributed by atoms with Crippen molar-refractivity contribution >= 4 is 11.8 Å². The van der Waals surface area contributed by atoms with E-state index in [9.17, 15) is 19.8 Å². The molecule has 0 amide bonds. The van der Waals surface area contributed by atoms with Gasteiger partial charge in [0.15, 0.2) is 12.0 Å². The van der Waals surface area contributed by atoms with Crippen LogP contribution in [0.25, 0.3) is 0 Å². The number of hydrogen-bond acceptors (Lipinski definition) is 9. The van der Waals surface area contributed by atoms with Gasteiger partial charge in [0.1, 0.15) is 24.9 Å². The summed E-state index contributed by atoms with van der Waals surface area (Å²) < 4.78 is 11.5. The number of esters is 1. The highest BCUT2D eigenvalue weighted by atomic mass is 16.6. The zero-order valence-electron chi connectivity index (χ0n) is 13.4. The zero-order chi connectivity index (χ0) is 18.7. The Kier molecular flexibility index (Phi) is 5.28. The summed E-state index contributed by atoms with van der Waals surface area (Å²) in [5, 5.41) is 29.0. The van der Waals surface area contributed by atoms with Crippen molar-refractivity contribution in [1.29, 1.82) is 0 Å². The number of aromatic nitrogens is 2. The Labute approximate surface area is 147 Å². The van der Waals surface area contributed by atoms with Crippen LogP contribution in [0.4, 0.5) is 5.82 Å². The largest absolute Gasteiger partial charge is 0.459 e. The molecule has 1 fully saturated rings. The highest BCUT2D eigenvalue weighted by Gasteiger charge is 2.44. The number of carbonyl (C=O) groups is 1. The van der Waals surface area contributed by atoms with Gasteiger partial charge < -0.3 is 19.7 Å². The molecule has 0 aliphatic carbocycles. The Morgan fingerprint density at radius 3 is 2.62 bits per heavy atom. The lowest BCUT2D eigenvalue weighted by molar-refractivity contribution is -0.0598. The summed E-state index contributed by atoms with van der Waals surface area (Å²) in [6, 6.07) is 9.56. The average Bonchev–Trinajstić information content (AvgIpc) is 2.95. The van der Waals surface area contributed by atoms with E-state index in [4.69, 9.17) is 14.7 Å². The van der Waals surface area contributed by atoms with Crippen molar-refractivity contribution in [2.24, 2.45) is 0 Å². The number of nitrogens with zero attached hydrogens (tertiary/aromatic N) is 2. The molecule has 0 bridgehead atoms. The predicted molar refractivity (Wildman–Crippen MR) is 86.6 cm³/mol. The molecule has 4 atom stereocenters. The first-order valence-electron chi connectivity index (χ1n) is 7.74. The highest BCUT2D eigenvalue weighted by Crippen LogP contribution is 2.28. The van der Waals surface area contributed by atoms with E-state index in [1.54, 1.807) is 35.8 Å². The molecule has 0 unspecified atom stereocenters. The summed E-state index contributed by atoms with van der Waals surface area (Å²) in [5.74, 6) is -0.677. The molecule has 1 aromatic carbocycles. The molecule has 2 aromatic rings. The van der Waals surface area contributed by atoms with Crippen molar-refractivity contribution in [2.45, 2.75) is 24.5 Å². The molecule has 1 aliphatic rings. The van der Waals surface area contributed by atoms with Crippen LogP contribution < -0.4 is 11.2 Å². The summed E-state index contributed by atoms with van der Waals surface area (Å²) in [4.78, 5) is 27.4. The fourth-order valence-electron chi connectivity index (χ4n) is 2.58. The molecule has 138 valence electrons. The number of carbonyl (C=O) groups excluding carboxylic acids is 1. The summed E-state index contributed by atoms with van der Waals surface area (Å²) in [6.07, 6.45) is -3.79.